The molecule has 0 radical (unpaired) electrons. The number of fused-ring (bicyclic) bond motifs is 1. The molecule has 2 heterocycles. The highest BCUT2D eigenvalue weighted by atomic mass is 16.6. The van der Waals surface area contributed by atoms with Crippen molar-refractivity contribution < 1.29 is 42.8 Å². The highest BCUT2D eigenvalue weighted by Gasteiger charge is 2.27. The lowest BCUT2D eigenvalue weighted by molar-refractivity contribution is -0.151. The molecule has 2 amide bonds. The van der Waals surface area contributed by atoms with Crippen LogP contribution in [0.25, 0.3) is 10.8 Å². The zero-order valence-electron chi connectivity index (χ0n) is 34.9. The van der Waals surface area contributed by atoms with E-state index in [9.17, 15) is 14.4 Å². The monoisotopic (exact) mass is 804 g/mol. The molecule has 58 heavy (non-hydrogen) atoms. The first-order valence-corrected chi connectivity index (χ1v) is 20.9. The lowest BCUT2D eigenvalue weighted by Gasteiger charge is -2.31. The van der Waals surface area contributed by atoms with E-state index in [1.165, 1.54) is 22.0 Å². The average Bonchev–Trinajstić information content (AvgIpc) is 3.67. The molecule has 13 nitrogen and oxygen atoms in total. The van der Waals surface area contributed by atoms with Crippen LogP contribution in [0.2, 0.25) is 0 Å². The summed E-state index contributed by atoms with van der Waals surface area (Å²) in [6.07, 6.45) is 2.23. The minimum Gasteiger partial charge on any atom is -0.462 e. The molecular formula is C45H64N4O9. The molecule has 2 fully saturated rings. The van der Waals surface area contributed by atoms with Crippen molar-refractivity contribution >= 4 is 34.4 Å². The lowest BCUT2D eigenvalue weighted by atomic mass is 9.99. The molecule has 2 aliphatic heterocycles. The molecule has 0 bridgehead atoms. The number of rotatable bonds is 22. The molecular weight excluding hydrogens is 741 g/mol. The van der Waals surface area contributed by atoms with E-state index in [4.69, 9.17) is 28.4 Å². The van der Waals surface area contributed by atoms with Gasteiger partial charge in [0.1, 0.15) is 11.7 Å². The Balaban J connectivity index is 0.850. The Hall–Kier alpha value is -4.27. The number of hydrogen-bond donors (Lipinski definition) is 2. The van der Waals surface area contributed by atoms with Gasteiger partial charge in [-0.2, -0.15) is 0 Å². The molecule has 0 aliphatic carbocycles. The molecule has 2 saturated heterocycles. The minimum absolute atomic E-state index is 0.0430. The third kappa shape index (κ3) is 15.5. The predicted octanol–water partition coefficient (Wildman–Crippen LogP) is 5.83. The maximum absolute atomic E-state index is 12.8. The maximum atomic E-state index is 12.8. The lowest BCUT2D eigenvalue weighted by Crippen LogP contribution is -2.41. The number of piperidine rings is 1. The number of nitrogens with one attached hydrogen (secondary N) is 2. The summed E-state index contributed by atoms with van der Waals surface area (Å²) in [4.78, 5) is 41.3. The molecule has 0 spiro atoms. The SMILES string of the molecule is C[C@@H](N[C@H]1CCN(c2ccc(CC(=O)OC3CCN(C(=O)CCOCCOCCOCCOCCNC(=O)OC(C)(C)C)CC3)cc2)C1)c1cccc2ccccc12. The van der Waals surface area contributed by atoms with Gasteiger partial charge >= 0.3 is 12.1 Å². The van der Waals surface area contributed by atoms with E-state index in [0.717, 1.165) is 25.1 Å². The first-order valence-electron chi connectivity index (χ1n) is 20.9. The molecule has 2 aliphatic rings. The number of carbonyl (C=O) groups excluding carboxylic acids is 3. The summed E-state index contributed by atoms with van der Waals surface area (Å²) in [5.74, 6) is -0.190. The van der Waals surface area contributed by atoms with Crippen molar-refractivity contribution in [3.63, 3.8) is 0 Å². The van der Waals surface area contributed by atoms with E-state index < -0.39 is 11.7 Å². The van der Waals surface area contributed by atoms with E-state index in [2.05, 4.69) is 77.1 Å². The zero-order chi connectivity index (χ0) is 41.2. The molecule has 0 saturated carbocycles. The molecule has 2 atom stereocenters. The van der Waals surface area contributed by atoms with Crippen molar-refractivity contribution in [1.29, 1.82) is 0 Å². The second-order valence-corrected chi connectivity index (χ2v) is 15.9. The van der Waals surface area contributed by atoms with Crippen molar-refractivity contribution in [3.05, 3.63) is 77.9 Å². The summed E-state index contributed by atoms with van der Waals surface area (Å²) in [5, 5.41) is 9.06. The van der Waals surface area contributed by atoms with Crippen molar-refractivity contribution in [1.82, 2.24) is 15.5 Å². The fourth-order valence-corrected chi connectivity index (χ4v) is 7.26. The Morgan fingerprint density at radius 1 is 0.759 bits per heavy atom. The van der Waals surface area contributed by atoms with Crippen molar-refractivity contribution in [3.8, 4) is 0 Å². The number of ether oxygens (including phenoxy) is 6. The van der Waals surface area contributed by atoms with E-state index in [-0.39, 0.29) is 30.4 Å². The standard InChI is InChI=1S/C45H64N4O9/c1-34(40-11-7-9-36-8-5-6-10-41(36)40)47-37-16-21-49(33-37)38-14-12-35(13-15-38)32-43(51)57-39-17-22-48(23-18-39)42(50)19-24-53-26-28-55-30-31-56-29-27-54-25-20-46-44(52)58-45(2,3)4/h5-15,34,37,39,47H,16-33H2,1-4H3,(H,46,52)/t34-,37+/m1/s1. The summed E-state index contributed by atoms with van der Waals surface area (Å²) < 4.78 is 33.0. The van der Waals surface area contributed by atoms with Crippen LogP contribution in [0, 0.1) is 0 Å². The van der Waals surface area contributed by atoms with Crippen LogP contribution in [0.5, 0.6) is 0 Å². The summed E-state index contributed by atoms with van der Waals surface area (Å²) in [6, 6.07) is 24.0. The van der Waals surface area contributed by atoms with Gasteiger partial charge in [-0.3, -0.25) is 9.59 Å². The number of likely N-dealkylation sites (tertiary alicyclic amines) is 1. The van der Waals surface area contributed by atoms with Crippen LogP contribution in [-0.2, 0) is 44.4 Å². The van der Waals surface area contributed by atoms with Gasteiger partial charge in [0.25, 0.3) is 0 Å². The number of esters is 1. The molecule has 5 rings (SSSR count). The van der Waals surface area contributed by atoms with Gasteiger partial charge in [0.15, 0.2) is 0 Å². The molecule has 0 unspecified atom stereocenters. The molecule has 13 heteroatoms. The molecule has 318 valence electrons. The van der Waals surface area contributed by atoms with Crippen LogP contribution in [0.4, 0.5) is 10.5 Å². The number of anilines is 1. The van der Waals surface area contributed by atoms with Crippen molar-refractivity contribution in [2.24, 2.45) is 0 Å². The molecule has 3 aromatic carbocycles. The normalized spacial score (nSPS) is 16.7. The van der Waals surface area contributed by atoms with Crippen LogP contribution < -0.4 is 15.5 Å². The first-order chi connectivity index (χ1) is 28.0. The summed E-state index contributed by atoms with van der Waals surface area (Å²) >= 11 is 0. The highest BCUT2D eigenvalue weighted by molar-refractivity contribution is 5.86. The second-order valence-electron chi connectivity index (χ2n) is 15.9. The Morgan fingerprint density at radius 3 is 2.09 bits per heavy atom. The van der Waals surface area contributed by atoms with Gasteiger partial charge in [-0.05, 0) is 68.1 Å². The molecule has 2 N–H and O–H groups in total. The number of nitrogens with zero attached hydrogens (tertiary/aromatic N) is 2. The number of benzene rings is 3. The molecule has 3 aromatic rings. The van der Waals surface area contributed by atoms with Gasteiger partial charge in [-0.15, -0.1) is 0 Å². The number of hydrogen-bond acceptors (Lipinski definition) is 11. The Morgan fingerprint density at radius 2 is 1.40 bits per heavy atom. The van der Waals surface area contributed by atoms with Crippen LogP contribution in [-0.4, -0.2) is 126 Å². The number of carbonyl (C=O) groups is 3. The van der Waals surface area contributed by atoms with E-state index in [1.807, 2.05) is 37.8 Å². The zero-order valence-corrected chi connectivity index (χ0v) is 34.9. The smallest absolute Gasteiger partial charge is 0.407 e. The van der Waals surface area contributed by atoms with E-state index >= 15 is 0 Å². The minimum atomic E-state index is -0.527. The van der Waals surface area contributed by atoms with Crippen LogP contribution in [0.15, 0.2) is 66.7 Å². The average molecular weight is 805 g/mol. The van der Waals surface area contributed by atoms with Gasteiger partial charge in [0.05, 0.1) is 65.7 Å². The third-order valence-electron chi connectivity index (χ3n) is 10.2. The van der Waals surface area contributed by atoms with Crippen LogP contribution >= 0.6 is 0 Å². The van der Waals surface area contributed by atoms with E-state index in [0.29, 0.717) is 97.8 Å². The Bertz CT molecular complexity index is 1700. The van der Waals surface area contributed by atoms with Crippen molar-refractivity contribution in [2.75, 3.05) is 90.5 Å². The summed E-state index contributed by atoms with van der Waals surface area (Å²) in [5.41, 5.74) is 2.90. The van der Waals surface area contributed by atoms with Crippen molar-refractivity contribution in [2.45, 2.75) is 83.6 Å². The summed E-state index contributed by atoms with van der Waals surface area (Å²) in [7, 11) is 0. The largest absolute Gasteiger partial charge is 0.462 e. The van der Waals surface area contributed by atoms with Gasteiger partial charge in [-0.25, -0.2) is 4.79 Å². The Labute approximate surface area is 344 Å². The van der Waals surface area contributed by atoms with Crippen LogP contribution in [0.3, 0.4) is 0 Å². The van der Waals surface area contributed by atoms with Crippen LogP contribution in [0.1, 0.15) is 70.5 Å². The van der Waals surface area contributed by atoms with Gasteiger partial charge in [0, 0.05) is 63.3 Å². The maximum Gasteiger partial charge on any atom is 0.407 e. The fraction of sp³-hybridized carbons (Fsp3) is 0.578. The first kappa shape index (κ1) is 44.8. The number of amides is 2. The third-order valence-corrected chi connectivity index (χ3v) is 10.2. The highest BCUT2D eigenvalue weighted by Crippen LogP contribution is 2.27. The summed E-state index contributed by atoms with van der Waals surface area (Å²) in [6.45, 7) is 14.3. The Kier molecular flexibility index (Phi) is 18.0. The molecule has 0 aromatic heterocycles. The topological polar surface area (TPSA) is 137 Å². The van der Waals surface area contributed by atoms with E-state index in [1.54, 1.807) is 0 Å². The van der Waals surface area contributed by atoms with Gasteiger partial charge < -0.3 is 48.9 Å². The second kappa shape index (κ2) is 23.4. The van der Waals surface area contributed by atoms with Gasteiger partial charge in [-0.1, -0.05) is 54.6 Å². The quantitative estimate of drug-likeness (QED) is 0.0939. The fourth-order valence-electron chi connectivity index (χ4n) is 7.26. The predicted molar refractivity (Wildman–Crippen MR) is 224 cm³/mol. The number of alkyl carbamates (subject to hydrolysis) is 1. The van der Waals surface area contributed by atoms with Gasteiger partial charge in [0.2, 0.25) is 5.91 Å².